The smallest absolute Gasteiger partial charge is 0.137 e. The lowest BCUT2D eigenvalue weighted by Crippen LogP contribution is -2.24. The maximum absolute atomic E-state index is 10.5. The van der Waals surface area contributed by atoms with Crippen molar-refractivity contribution in [1.82, 2.24) is 0 Å². The van der Waals surface area contributed by atoms with Crippen LogP contribution in [0.25, 0.3) is 11.0 Å². The van der Waals surface area contributed by atoms with Gasteiger partial charge in [0.25, 0.3) is 0 Å². The van der Waals surface area contributed by atoms with E-state index >= 15 is 0 Å². The van der Waals surface area contributed by atoms with Gasteiger partial charge in [0.2, 0.25) is 0 Å². The van der Waals surface area contributed by atoms with Crippen molar-refractivity contribution >= 4 is 16.9 Å². The number of carboxylic acids is 1. The van der Waals surface area contributed by atoms with Gasteiger partial charge in [-0.2, -0.15) is 0 Å². The third-order valence-corrected chi connectivity index (χ3v) is 2.68. The molecule has 0 saturated heterocycles. The molecule has 0 N–H and O–H groups in total. The average Bonchev–Trinajstić information content (AvgIpc) is 2.55. The van der Waals surface area contributed by atoms with E-state index in [1.807, 2.05) is 26.0 Å². The van der Waals surface area contributed by atoms with Gasteiger partial charge >= 0.3 is 0 Å². The fraction of sp³-hybridized carbons (Fsp3) is 0.250. The second-order valence-corrected chi connectivity index (χ2v) is 3.69. The molecule has 1 heterocycles. The second-order valence-electron chi connectivity index (χ2n) is 3.69. The molecule has 0 saturated carbocycles. The summed E-state index contributed by atoms with van der Waals surface area (Å²) in [5.41, 5.74) is 3.63. The first-order chi connectivity index (χ1) is 7.09. The third-order valence-electron chi connectivity index (χ3n) is 2.68. The second kappa shape index (κ2) is 3.42. The minimum atomic E-state index is -1.09. The van der Waals surface area contributed by atoms with E-state index in [1.54, 1.807) is 0 Å². The van der Waals surface area contributed by atoms with Crippen molar-refractivity contribution in [3.63, 3.8) is 0 Å². The Labute approximate surface area is 87.3 Å². The van der Waals surface area contributed by atoms with Gasteiger partial charge < -0.3 is 14.3 Å². The average molecular weight is 203 g/mol. The highest BCUT2D eigenvalue weighted by atomic mass is 16.4. The maximum atomic E-state index is 10.5. The van der Waals surface area contributed by atoms with Crippen molar-refractivity contribution in [3.8, 4) is 0 Å². The lowest BCUT2D eigenvalue weighted by Gasteiger charge is -2.01. The Kier molecular flexibility index (Phi) is 2.23. The number of fused-ring (bicyclic) bond motifs is 1. The predicted molar refractivity (Wildman–Crippen MR) is 54.4 cm³/mol. The number of benzene rings is 1. The van der Waals surface area contributed by atoms with E-state index in [9.17, 15) is 9.90 Å². The first-order valence-corrected chi connectivity index (χ1v) is 4.75. The normalized spacial score (nSPS) is 10.8. The number of aryl methyl sites for hydroxylation is 2. The fourth-order valence-corrected chi connectivity index (χ4v) is 1.68. The van der Waals surface area contributed by atoms with E-state index in [4.69, 9.17) is 4.42 Å². The third kappa shape index (κ3) is 1.61. The van der Waals surface area contributed by atoms with Crippen molar-refractivity contribution < 1.29 is 14.3 Å². The van der Waals surface area contributed by atoms with Crippen LogP contribution in [0.2, 0.25) is 0 Å². The summed E-state index contributed by atoms with van der Waals surface area (Å²) in [6, 6.07) is 3.85. The Morgan fingerprint density at radius 1 is 1.40 bits per heavy atom. The Hall–Kier alpha value is -1.77. The molecule has 1 aromatic carbocycles. The zero-order valence-corrected chi connectivity index (χ0v) is 8.66. The lowest BCUT2D eigenvalue weighted by atomic mass is 10.0. The van der Waals surface area contributed by atoms with Crippen molar-refractivity contribution in [2.24, 2.45) is 0 Å². The quantitative estimate of drug-likeness (QED) is 0.740. The molecule has 2 aromatic rings. The van der Waals surface area contributed by atoms with Crippen molar-refractivity contribution in [1.29, 1.82) is 0 Å². The van der Waals surface area contributed by atoms with E-state index in [0.717, 1.165) is 22.1 Å². The number of carboxylic acid groups (broad SMARTS) is 1. The molecular weight excluding hydrogens is 192 g/mol. The Bertz CT molecular complexity index is 523. The SMILES string of the molecule is Cc1ccc2c(CC(=O)[O-])coc2c1C. The largest absolute Gasteiger partial charge is 0.550 e. The van der Waals surface area contributed by atoms with Crippen LogP contribution in [0.1, 0.15) is 16.7 Å². The monoisotopic (exact) mass is 203 g/mol. The van der Waals surface area contributed by atoms with Gasteiger partial charge in [-0.3, -0.25) is 0 Å². The van der Waals surface area contributed by atoms with Crippen LogP contribution >= 0.6 is 0 Å². The summed E-state index contributed by atoms with van der Waals surface area (Å²) < 4.78 is 5.37. The summed E-state index contributed by atoms with van der Waals surface area (Å²) in [5, 5.41) is 11.4. The number of furan rings is 1. The van der Waals surface area contributed by atoms with Gasteiger partial charge in [0.05, 0.1) is 6.26 Å². The number of hydrogen-bond acceptors (Lipinski definition) is 3. The molecule has 0 radical (unpaired) electrons. The van der Waals surface area contributed by atoms with E-state index in [0.29, 0.717) is 5.56 Å². The predicted octanol–water partition coefficient (Wildman–Crippen LogP) is 1.34. The highest BCUT2D eigenvalue weighted by Crippen LogP contribution is 2.26. The number of hydrogen-bond donors (Lipinski definition) is 0. The van der Waals surface area contributed by atoms with Crippen molar-refractivity contribution in [2.75, 3.05) is 0 Å². The van der Waals surface area contributed by atoms with Crippen LogP contribution in [0.5, 0.6) is 0 Å². The van der Waals surface area contributed by atoms with Gasteiger partial charge in [-0.1, -0.05) is 12.1 Å². The van der Waals surface area contributed by atoms with Gasteiger partial charge in [0.15, 0.2) is 0 Å². The van der Waals surface area contributed by atoms with Crippen LogP contribution in [-0.2, 0) is 11.2 Å². The summed E-state index contributed by atoms with van der Waals surface area (Å²) >= 11 is 0. The molecule has 0 aliphatic heterocycles. The van der Waals surface area contributed by atoms with E-state index in [-0.39, 0.29) is 6.42 Å². The van der Waals surface area contributed by atoms with E-state index in [2.05, 4.69) is 0 Å². The first-order valence-electron chi connectivity index (χ1n) is 4.75. The summed E-state index contributed by atoms with van der Waals surface area (Å²) in [7, 11) is 0. The zero-order chi connectivity index (χ0) is 11.0. The zero-order valence-electron chi connectivity index (χ0n) is 8.66. The molecule has 3 heteroatoms. The molecule has 15 heavy (non-hydrogen) atoms. The molecule has 0 bridgehead atoms. The van der Waals surface area contributed by atoms with E-state index in [1.165, 1.54) is 6.26 Å². The summed E-state index contributed by atoms with van der Waals surface area (Å²) in [4.78, 5) is 10.5. The van der Waals surface area contributed by atoms with Crippen LogP contribution in [0.3, 0.4) is 0 Å². The number of rotatable bonds is 2. The Morgan fingerprint density at radius 2 is 2.13 bits per heavy atom. The lowest BCUT2D eigenvalue weighted by molar-refractivity contribution is -0.304. The summed E-state index contributed by atoms with van der Waals surface area (Å²) in [6.45, 7) is 3.96. The standard InChI is InChI=1S/C12H12O3/c1-7-3-4-10-9(5-11(13)14)6-15-12(10)8(7)2/h3-4,6H,5H2,1-2H3,(H,13,14)/p-1. The van der Waals surface area contributed by atoms with E-state index < -0.39 is 5.97 Å². The number of aliphatic carboxylic acids is 1. The number of carbonyl (C=O) groups is 1. The van der Waals surface area contributed by atoms with Crippen LogP contribution < -0.4 is 5.11 Å². The molecular formula is C12H11O3-. The molecule has 0 aliphatic carbocycles. The molecule has 78 valence electrons. The van der Waals surface area contributed by atoms with Crippen LogP contribution in [0.4, 0.5) is 0 Å². The fourth-order valence-electron chi connectivity index (χ4n) is 1.68. The minimum absolute atomic E-state index is 0.102. The molecule has 2 rings (SSSR count). The summed E-state index contributed by atoms with van der Waals surface area (Å²) in [5.74, 6) is -1.09. The highest BCUT2D eigenvalue weighted by molar-refractivity contribution is 5.87. The molecule has 1 aromatic heterocycles. The maximum Gasteiger partial charge on any atom is 0.137 e. The van der Waals surface area contributed by atoms with Gasteiger partial charge in [-0.25, -0.2) is 0 Å². The Balaban J connectivity index is 2.61. The molecule has 0 atom stereocenters. The van der Waals surface area contributed by atoms with Crippen molar-refractivity contribution in [3.05, 3.63) is 35.1 Å². The molecule has 3 nitrogen and oxygen atoms in total. The molecule has 0 aliphatic rings. The van der Waals surface area contributed by atoms with Gasteiger partial charge in [-0.05, 0) is 25.0 Å². The first kappa shape index (κ1) is 9.77. The molecule has 0 unspecified atom stereocenters. The van der Waals surface area contributed by atoms with Gasteiger partial charge in [0.1, 0.15) is 5.58 Å². The Morgan fingerprint density at radius 3 is 2.80 bits per heavy atom. The van der Waals surface area contributed by atoms with Crippen LogP contribution in [0.15, 0.2) is 22.8 Å². The summed E-state index contributed by atoms with van der Waals surface area (Å²) in [6.07, 6.45) is 1.39. The van der Waals surface area contributed by atoms with Crippen LogP contribution in [0, 0.1) is 13.8 Å². The van der Waals surface area contributed by atoms with Gasteiger partial charge in [-0.15, -0.1) is 0 Å². The number of carbonyl (C=O) groups excluding carboxylic acids is 1. The topological polar surface area (TPSA) is 53.3 Å². The minimum Gasteiger partial charge on any atom is -0.550 e. The van der Waals surface area contributed by atoms with Crippen molar-refractivity contribution in [2.45, 2.75) is 20.3 Å². The van der Waals surface area contributed by atoms with Crippen LogP contribution in [-0.4, -0.2) is 5.97 Å². The molecule has 0 amide bonds. The molecule has 0 spiro atoms. The molecule has 0 fully saturated rings. The van der Waals surface area contributed by atoms with Gasteiger partial charge in [0, 0.05) is 23.3 Å². The highest BCUT2D eigenvalue weighted by Gasteiger charge is 2.09.